The Hall–Kier alpha value is -3.28. The molecule has 1 N–H and O–H groups in total. The van der Waals surface area contributed by atoms with Gasteiger partial charge in [0, 0.05) is 30.4 Å². The first-order valence-electron chi connectivity index (χ1n) is 8.38. The van der Waals surface area contributed by atoms with Crippen molar-refractivity contribution in [3.05, 3.63) is 72.8 Å². The van der Waals surface area contributed by atoms with Gasteiger partial charge in [-0.15, -0.1) is 0 Å². The molecule has 0 spiro atoms. The second kappa shape index (κ2) is 6.92. The van der Waals surface area contributed by atoms with Gasteiger partial charge < -0.3 is 10.2 Å². The first kappa shape index (κ1) is 16.2. The number of benzene rings is 2. The summed E-state index contributed by atoms with van der Waals surface area (Å²) in [6, 6.07) is 17.6. The number of carbonyl (C=O) groups excluding carboxylic acids is 1. The summed E-state index contributed by atoms with van der Waals surface area (Å²) in [4.78, 5) is 23.0. The summed E-state index contributed by atoms with van der Waals surface area (Å²) in [5.41, 5.74) is 2.49. The molecule has 1 saturated heterocycles. The number of nitrogens with one attached hydrogen (secondary N) is 1. The molecule has 4 rings (SSSR count). The lowest BCUT2D eigenvalue weighted by Crippen LogP contribution is -2.52. The summed E-state index contributed by atoms with van der Waals surface area (Å²) in [7, 11) is 0. The average molecular weight is 348 g/mol. The van der Waals surface area contributed by atoms with Crippen LogP contribution in [-0.2, 0) is 4.79 Å². The molecule has 2 aromatic carbocycles. The van der Waals surface area contributed by atoms with E-state index < -0.39 is 0 Å². The lowest BCUT2D eigenvalue weighted by molar-refractivity contribution is -0.120. The van der Waals surface area contributed by atoms with Gasteiger partial charge in [0.05, 0.1) is 11.6 Å². The van der Waals surface area contributed by atoms with Crippen molar-refractivity contribution in [3.8, 4) is 11.3 Å². The molecule has 0 bridgehead atoms. The van der Waals surface area contributed by atoms with Gasteiger partial charge in [-0.05, 0) is 24.3 Å². The molecule has 0 saturated carbocycles. The average Bonchev–Trinajstić information content (AvgIpc) is 2.63. The highest BCUT2D eigenvalue weighted by molar-refractivity contribution is 5.94. The second-order valence-corrected chi connectivity index (χ2v) is 6.23. The van der Waals surface area contributed by atoms with E-state index in [1.54, 1.807) is 18.5 Å². The first-order valence-corrected chi connectivity index (χ1v) is 8.38. The summed E-state index contributed by atoms with van der Waals surface area (Å²) in [5.74, 6) is 0.306. The Balaban J connectivity index is 1.39. The Morgan fingerprint density at radius 1 is 1.04 bits per heavy atom. The topological polar surface area (TPSA) is 58.1 Å². The van der Waals surface area contributed by atoms with E-state index in [0.717, 1.165) is 17.1 Å². The van der Waals surface area contributed by atoms with Gasteiger partial charge in [0.1, 0.15) is 18.0 Å². The Morgan fingerprint density at radius 3 is 2.50 bits per heavy atom. The minimum absolute atomic E-state index is 0.0646. The van der Waals surface area contributed by atoms with Crippen molar-refractivity contribution in [2.75, 3.05) is 23.3 Å². The molecular weight excluding hydrogens is 331 g/mol. The van der Waals surface area contributed by atoms with Crippen molar-refractivity contribution >= 4 is 17.4 Å². The monoisotopic (exact) mass is 348 g/mol. The van der Waals surface area contributed by atoms with Crippen LogP contribution in [0.3, 0.4) is 0 Å². The smallest absolute Gasteiger partial charge is 0.231 e. The standard InChI is InChI=1S/C20H17FN4O/c21-16-6-8-17(9-7-16)24-20(26)15-11-25(12-15)19-10-18(22-13-23-19)14-4-2-1-3-5-14/h1-10,13,15H,11-12H2,(H,24,26). The second-order valence-electron chi connectivity index (χ2n) is 6.23. The Bertz CT molecular complexity index is 909. The number of nitrogens with zero attached hydrogens (tertiary/aromatic N) is 3. The largest absolute Gasteiger partial charge is 0.355 e. The minimum atomic E-state index is -0.323. The quantitative estimate of drug-likeness (QED) is 0.785. The molecule has 0 atom stereocenters. The Morgan fingerprint density at radius 2 is 1.77 bits per heavy atom. The number of aromatic nitrogens is 2. The first-order chi connectivity index (χ1) is 12.7. The van der Waals surface area contributed by atoms with Crippen molar-refractivity contribution in [2.45, 2.75) is 0 Å². The number of hydrogen-bond acceptors (Lipinski definition) is 4. The molecular formula is C20H17FN4O. The van der Waals surface area contributed by atoms with Crippen LogP contribution in [0, 0.1) is 11.7 Å². The van der Waals surface area contributed by atoms with E-state index in [1.165, 1.54) is 12.1 Å². The number of halogens is 1. The highest BCUT2D eigenvalue weighted by Gasteiger charge is 2.33. The molecule has 0 aliphatic carbocycles. The SMILES string of the molecule is O=C(Nc1ccc(F)cc1)C1CN(c2cc(-c3ccccc3)ncn2)C1. The predicted octanol–water partition coefficient (Wildman–Crippen LogP) is 3.36. The summed E-state index contributed by atoms with van der Waals surface area (Å²) >= 11 is 0. The molecule has 1 amide bonds. The third-order valence-electron chi connectivity index (χ3n) is 4.41. The van der Waals surface area contributed by atoms with Crippen LogP contribution in [0.2, 0.25) is 0 Å². The normalized spacial score (nSPS) is 14.0. The maximum absolute atomic E-state index is 12.9. The molecule has 1 aliphatic rings. The molecule has 130 valence electrons. The van der Waals surface area contributed by atoms with E-state index in [-0.39, 0.29) is 17.6 Å². The van der Waals surface area contributed by atoms with Crippen molar-refractivity contribution in [1.29, 1.82) is 0 Å². The fraction of sp³-hybridized carbons (Fsp3) is 0.150. The number of hydrogen-bond donors (Lipinski definition) is 1. The van der Waals surface area contributed by atoms with Gasteiger partial charge in [0.15, 0.2) is 0 Å². The highest BCUT2D eigenvalue weighted by Crippen LogP contribution is 2.26. The molecule has 3 aromatic rings. The van der Waals surface area contributed by atoms with E-state index in [0.29, 0.717) is 18.8 Å². The van der Waals surface area contributed by atoms with E-state index in [1.807, 2.05) is 41.3 Å². The molecule has 0 unspecified atom stereocenters. The zero-order valence-corrected chi connectivity index (χ0v) is 14.0. The molecule has 1 fully saturated rings. The zero-order valence-electron chi connectivity index (χ0n) is 14.0. The third kappa shape index (κ3) is 3.39. The van der Waals surface area contributed by atoms with Crippen LogP contribution in [0.5, 0.6) is 0 Å². The third-order valence-corrected chi connectivity index (χ3v) is 4.41. The van der Waals surface area contributed by atoms with Crippen molar-refractivity contribution in [2.24, 2.45) is 5.92 Å². The van der Waals surface area contributed by atoms with Crippen LogP contribution in [0.4, 0.5) is 15.9 Å². The summed E-state index contributed by atoms with van der Waals surface area (Å²) < 4.78 is 12.9. The van der Waals surface area contributed by atoms with E-state index >= 15 is 0 Å². The number of anilines is 2. The van der Waals surface area contributed by atoms with Gasteiger partial charge in [-0.3, -0.25) is 4.79 Å². The maximum atomic E-state index is 12.9. The fourth-order valence-electron chi connectivity index (χ4n) is 2.90. The van der Waals surface area contributed by atoms with Crippen molar-refractivity contribution in [1.82, 2.24) is 9.97 Å². The number of amides is 1. The molecule has 5 nitrogen and oxygen atoms in total. The van der Waals surface area contributed by atoms with E-state index in [9.17, 15) is 9.18 Å². The van der Waals surface area contributed by atoms with Crippen LogP contribution in [0.1, 0.15) is 0 Å². The fourth-order valence-corrected chi connectivity index (χ4v) is 2.90. The molecule has 1 aromatic heterocycles. The maximum Gasteiger partial charge on any atom is 0.231 e. The van der Waals surface area contributed by atoms with Gasteiger partial charge in [-0.1, -0.05) is 30.3 Å². The summed E-state index contributed by atoms with van der Waals surface area (Å²) in [6.45, 7) is 1.19. The minimum Gasteiger partial charge on any atom is -0.355 e. The lowest BCUT2D eigenvalue weighted by Gasteiger charge is -2.39. The molecule has 1 aliphatic heterocycles. The Kier molecular flexibility index (Phi) is 4.31. The van der Waals surface area contributed by atoms with Crippen LogP contribution in [0.25, 0.3) is 11.3 Å². The molecule has 0 radical (unpaired) electrons. The van der Waals surface area contributed by atoms with Crippen LogP contribution >= 0.6 is 0 Å². The van der Waals surface area contributed by atoms with E-state index in [2.05, 4.69) is 15.3 Å². The van der Waals surface area contributed by atoms with E-state index in [4.69, 9.17) is 0 Å². The van der Waals surface area contributed by atoms with Gasteiger partial charge in [-0.25, -0.2) is 14.4 Å². The lowest BCUT2D eigenvalue weighted by atomic mass is 9.99. The van der Waals surface area contributed by atoms with Gasteiger partial charge in [-0.2, -0.15) is 0 Å². The van der Waals surface area contributed by atoms with Gasteiger partial charge >= 0.3 is 0 Å². The van der Waals surface area contributed by atoms with Crippen LogP contribution < -0.4 is 10.2 Å². The van der Waals surface area contributed by atoms with Crippen molar-refractivity contribution in [3.63, 3.8) is 0 Å². The van der Waals surface area contributed by atoms with Crippen LogP contribution in [-0.4, -0.2) is 29.0 Å². The highest BCUT2D eigenvalue weighted by atomic mass is 19.1. The predicted molar refractivity (Wildman–Crippen MR) is 98.2 cm³/mol. The molecule has 6 heteroatoms. The summed E-state index contributed by atoms with van der Waals surface area (Å²) in [5, 5.41) is 2.82. The Labute approximate surface area is 150 Å². The van der Waals surface area contributed by atoms with Crippen molar-refractivity contribution < 1.29 is 9.18 Å². The van der Waals surface area contributed by atoms with Crippen LogP contribution in [0.15, 0.2) is 67.0 Å². The molecule has 2 heterocycles. The van der Waals surface area contributed by atoms with Gasteiger partial charge in [0.2, 0.25) is 5.91 Å². The molecule has 26 heavy (non-hydrogen) atoms. The van der Waals surface area contributed by atoms with Gasteiger partial charge in [0.25, 0.3) is 0 Å². The zero-order chi connectivity index (χ0) is 17.9. The summed E-state index contributed by atoms with van der Waals surface area (Å²) in [6.07, 6.45) is 1.55. The number of rotatable bonds is 4. The number of carbonyl (C=O) groups is 1.